The molecule has 1 aliphatic heterocycles. The highest BCUT2D eigenvalue weighted by molar-refractivity contribution is 6.34. The van der Waals surface area contributed by atoms with Gasteiger partial charge in [0, 0.05) is 6.54 Å². The summed E-state index contributed by atoms with van der Waals surface area (Å²) < 4.78 is 0. The summed E-state index contributed by atoms with van der Waals surface area (Å²) in [6.07, 6.45) is 1.58. The highest BCUT2D eigenvalue weighted by atomic mass is 35.5. The average molecular weight is 250 g/mol. The Bertz CT molecular complexity index is 495. The minimum Gasteiger partial charge on any atom is -0.320 e. The number of halogens is 1. The van der Waals surface area contributed by atoms with Gasteiger partial charge >= 0.3 is 0 Å². The first-order valence-electron chi connectivity index (χ1n) is 5.40. The zero-order valence-corrected chi connectivity index (χ0v) is 9.94. The molecule has 1 aliphatic rings. The number of nitrogens with zero attached hydrogens (tertiary/aromatic N) is 2. The molecule has 1 unspecified atom stereocenters. The van der Waals surface area contributed by atoms with Crippen LogP contribution in [-0.4, -0.2) is 18.5 Å². The third-order valence-corrected chi connectivity index (χ3v) is 3.15. The van der Waals surface area contributed by atoms with Gasteiger partial charge in [0.05, 0.1) is 28.4 Å². The maximum absolute atomic E-state index is 11.9. The van der Waals surface area contributed by atoms with E-state index in [9.17, 15) is 4.79 Å². The summed E-state index contributed by atoms with van der Waals surface area (Å²) in [6.45, 7) is 0.623. The number of carbonyl (C=O) groups excluding carboxylic acids is 1. The van der Waals surface area contributed by atoms with Gasteiger partial charge in [-0.1, -0.05) is 11.6 Å². The molecule has 1 aromatic carbocycles. The van der Waals surface area contributed by atoms with E-state index in [4.69, 9.17) is 22.6 Å². The van der Waals surface area contributed by atoms with Crippen molar-refractivity contribution in [1.82, 2.24) is 0 Å². The number of carbonyl (C=O) groups is 1. The van der Waals surface area contributed by atoms with Gasteiger partial charge in [0.25, 0.3) is 0 Å². The van der Waals surface area contributed by atoms with Crippen LogP contribution in [0.1, 0.15) is 18.4 Å². The van der Waals surface area contributed by atoms with E-state index >= 15 is 0 Å². The molecule has 1 aromatic rings. The molecular formula is C12H12ClN3O. The molecule has 1 amide bonds. The molecule has 1 atom stereocenters. The topological polar surface area (TPSA) is 70.1 Å². The maximum atomic E-state index is 11.9. The van der Waals surface area contributed by atoms with E-state index in [2.05, 4.69) is 0 Å². The SMILES string of the molecule is N#Cc1ccc(N2CCCC(N)C2=O)c(Cl)c1. The number of nitrogens with two attached hydrogens (primary N) is 1. The predicted octanol–water partition coefficient (Wildman–Crippen LogP) is 1.67. The van der Waals surface area contributed by atoms with Gasteiger partial charge in [0.15, 0.2) is 0 Å². The summed E-state index contributed by atoms with van der Waals surface area (Å²) >= 11 is 6.07. The number of hydrogen-bond donors (Lipinski definition) is 1. The maximum Gasteiger partial charge on any atom is 0.243 e. The molecule has 1 fully saturated rings. The molecule has 0 bridgehead atoms. The van der Waals surface area contributed by atoms with Crippen molar-refractivity contribution < 1.29 is 4.79 Å². The monoisotopic (exact) mass is 249 g/mol. The summed E-state index contributed by atoms with van der Waals surface area (Å²) in [7, 11) is 0. The highest BCUT2D eigenvalue weighted by Crippen LogP contribution is 2.29. The van der Waals surface area contributed by atoms with E-state index in [0.29, 0.717) is 29.2 Å². The standard InChI is InChI=1S/C12H12ClN3O/c13-9-6-8(7-14)3-4-11(9)16-5-1-2-10(15)12(16)17/h3-4,6,10H,1-2,5,15H2. The molecule has 0 aromatic heterocycles. The van der Waals surface area contributed by atoms with Gasteiger partial charge in [-0.15, -0.1) is 0 Å². The van der Waals surface area contributed by atoms with E-state index in [1.54, 1.807) is 23.1 Å². The molecule has 0 spiro atoms. The molecule has 17 heavy (non-hydrogen) atoms. The van der Waals surface area contributed by atoms with Crippen molar-refractivity contribution in [3.05, 3.63) is 28.8 Å². The van der Waals surface area contributed by atoms with Gasteiger partial charge in [-0.2, -0.15) is 5.26 Å². The van der Waals surface area contributed by atoms with Gasteiger partial charge in [-0.3, -0.25) is 4.79 Å². The quantitative estimate of drug-likeness (QED) is 0.823. The molecule has 4 nitrogen and oxygen atoms in total. The van der Waals surface area contributed by atoms with E-state index in [0.717, 1.165) is 6.42 Å². The number of anilines is 1. The average Bonchev–Trinajstić information content (AvgIpc) is 2.33. The third kappa shape index (κ3) is 2.26. The minimum absolute atomic E-state index is 0.108. The Hall–Kier alpha value is -1.57. The first-order chi connectivity index (χ1) is 8.13. The Morgan fingerprint density at radius 1 is 1.53 bits per heavy atom. The third-order valence-electron chi connectivity index (χ3n) is 2.85. The molecule has 1 heterocycles. The summed E-state index contributed by atoms with van der Waals surface area (Å²) in [5, 5.41) is 9.16. The fourth-order valence-corrected chi connectivity index (χ4v) is 2.22. The van der Waals surface area contributed by atoms with Crippen LogP contribution in [0.2, 0.25) is 5.02 Å². The molecule has 0 aliphatic carbocycles. The molecule has 0 saturated carbocycles. The van der Waals surface area contributed by atoms with Crippen molar-refractivity contribution in [2.75, 3.05) is 11.4 Å². The van der Waals surface area contributed by atoms with Gasteiger partial charge < -0.3 is 10.6 Å². The van der Waals surface area contributed by atoms with Crippen molar-refractivity contribution in [1.29, 1.82) is 5.26 Å². The van der Waals surface area contributed by atoms with Gasteiger partial charge in [0.2, 0.25) is 5.91 Å². The molecule has 5 heteroatoms. The van der Waals surface area contributed by atoms with Crippen LogP contribution in [-0.2, 0) is 4.79 Å². The summed E-state index contributed by atoms with van der Waals surface area (Å²) in [5.74, 6) is -0.108. The summed E-state index contributed by atoms with van der Waals surface area (Å²) in [6, 6.07) is 6.46. The second-order valence-corrected chi connectivity index (χ2v) is 4.42. The molecule has 1 saturated heterocycles. The normalized spacial score (nSPS) is 20.2. The fourth-order valence-electron chi connectivity index (χ4n) is 1.94. The molecule has 2 rings (SSSR count). The Balaban J connectivity index is 2.34. The first kappa shape index (κ1) is 11.9. The van der Waals surface area contributed by atoms with Crippen LogP contribution in [0.5, 0.6) is 0 Å². The Morgan fingerprint density at radius 3 is 2.94 bits per heavy atom. The van der Waals surface area contributed by atoms with E-state index in [1.165, 1.54) is 0 Å². The zero-order valence-electron chi connectivity index (χ0n) is 9.19. The van der Waals surface area contributed by atoms with Crippen molar-refractivity contribution >= 4 is 23.2 Å². The number of hydrogen-bond acceptors (Lipinski definition) is 3. The number of piperidine rings is 1. The van der Waals surface area contributed by atoms with E-state index in [1.807, 2.05) is 6.07 Å². The van der Waals surface area contributed by atoms with Crippen LogP contribution in [0.3, 0.4) is 0 Å². The lowest BCUT2D eigenvalue weighted by Crippen LogP contribution is -2.48. The first-order valence-corrected chi connectivity index (χ1v) is 5.78. The van der Waals surface area contributed by atoms with Crippen molar-refractivity contribution in [2.24, 2.45) is 5.73 Å². The van der Waals surface area contributed by atoms with E-state index < -0.39 is 6.04 Å². The van der Waals surface area contributed by atoms with Crippen molar-refractivity contribution in [3.63, 3.8) is 0 Å². The lowest BCUT2D eigenvalue weighted by Gasteiger charge is -2.31. The lowest BCUT2D eigenvalue weighted by atomic mass is 10.0. The second-order valence-electron chi connectivity index (χ2n) is 4.02. The van der Waals surface area contributed by atoms with Crippen molar-refractivity contribution in [3.8, 4) is 6.07 Å². The van der Waals surface area contributed by atoms with Crippen LogP contribution < -0.4 is 10.6 Å². The molecule has 0 radical (unpaired) electrons. The Morgan fingerprint density at radius 2 is 2.29 bits per heavy atom. The van der Waals surface area contributed by atoms with Crippen LogP contribution in [0.15, 0.2) is 18.2 Å². The number of benzene rings is 1. The van der Waals surface area contributed by atoms with Crippen LogP contribution in [0.25, 0.3) is 0 Å². The van der Waals surface area contributed by atoms with Gasteiger partial charge in [-0.25, -0.2) is 0 Å². The van der Waals surface area contributed by atoms with Crippen LogP contribution >= 0.6 is 11.6 Å². The second kappa shape index (κ2) is 4.74. The van der Waals surface area contributed by atoms with Crippen LogP contribution in [0, 0.1) is 11.3 Å². The number of rotatable bonds is 1. The van der Waals surface area contributed by atoms with Gasteiger partial charge in [0.1, 0.15) is 0 Å². The highest BCUT2D eigenvalue weighted by Gasteiger charge is 2.27. The minimum atomic E-state index is -0.449. The smallest absolute Gasteiger partial charge is 0.243 e. The van der Waals surface area contributed by atoms with Crippen molar-refractivity contribution in [2.45, 2.75) is 18.9 Å². The van der Waals surface area contributed by atoms with Gasteiger partial charge in [-0.05, 0) is 31.0 Å². The zero-order chi connectivity index (χ0) is 12.4. The van der Waals surface area contributed by atoms with E-state index in [-0.39, 0.29) is 5.91 Å². The molecule has 88 valence electrons. The molecular weight excluding hydrogens is 238 g/mol. The summed E-state index contributed by atoms with van der Waals surface area (Å²) in [4.78, 5) is 13.5. The number of nitriles is 1. The van der Waals surface area contributed by atoms with Crippen LogP contribution in [0.4, 0.5) is 5.69 Å². The number of amides is 1. The largest absolute Gasteiger partial charge is 0.320 e. The Labute approximate surface area is 105 Å². The summed E-state index contributed by atoms with van der Waals surface area (Å²) in [5.41, 5.74) is 6.84. The Kier molecular flexibility index (Phi) is 3.32. The lowest BCUT2D eigenvalue weighted by molar-refractivity contribution is -0.120. The predicted molar refractivity (Wildman–Crippen MR) is 65.7 cm³/mol. The molecule has 2 N–H and O–H groups in total. The fraction of sp³-hybridized carbons (Fsp3) is 0.333.